The number of hydrogen-bond acceptors (Lipinski definition) is 1. The molecule has 18 heavy (non-hydrogen) atoms. The Bertz CT molecular complexity index is 438. The summed E-state index contributed by atoms with van der Waals surface area (Å²) in [6.45, 7) is 4.10. The van der Waals surface area contributed by atoms with Gasteiger partial charge in [0.05, 0.1) is 0 Å². The molecule has 0 aromatic heterocycles. The summed E-state index contributed by atoms with van der Waals surface area (Å²) >= 11 is 6.25. The first-order valence-electron chi connectivity index (χ1n) is 6.59. The van der Waals surface area contributed by atoms with Gasteiger partial charge in [-0.25, -0.2) is 0 Å². The van der Waals surface area contributed by atoms with Crippen LogP contribution in [0.3, 0.4) is 0 Å². The van der Waals surface area contributed by atoms with E-state index in [9.17, 15) is 4.79 Å². The van der Waals surface area contributed by atoms with Gasteiger partial charge in [-0.1, -0.05) is 31.0 Å². The summed E-state index contributed by atoms with van der Waals surface area (Å²) in [6.07, 6.45) is 4.59. The monoisotopic (exact) mass is 265 g/mol. The topological polar surface area (TPSA) is 29.1 Å². The zero-order chi connectivity index (χ0) is 13.1. The van der Waals surface area contributed by atoms with Crippen molar-refractivity contribution in [2.45, 2.75) is 50.9 Å². The molecule has 0 radical (unpaired) electrons. The molecule has 98 valence electrons. The zero-order valence-electron chi connectivity index (χ0n) is 11.0. The third kappa shape index (κ3) is 3.05. The largest absolute Gasteiger partial charge is 0.352 e. The predicted octanol–water partition coefficient (Wildman–Crippen LogP) is 3.64. The molecule has 1 amide bonds. The molecule has 1 aromatic rings. The molecule has 0 aliphatic heterocycles. The first kappa shape index (κ1) is 13.4. The van der Waals surface area contributed by atoms with Gasteiger partial charge in [0.25, 0.3) is 0 Å². The average Bonchev–Trinajstić information content (AvgIpc) is 2.84. The number of carbonyl (C=O) groups excluding carboxylic acids is 1. The van der Waals surface area contributed by atoms with Gasteiger partial charge in [-0.05, 0) is 43.4 Å². The van der Waals surface area contributed by atoms with Gasteiger partial charge >= 0.3 is 0 Å². The molecule has 0 bridgehead atoms. The lowest BCUT2D eigenvalue weighted by atomic mass is 10.0. The molecule has 1 aromatic carbocycles. The number of amides is 1. The van der Waals surface area contributed by atoms with Crippen LogP contribution in [0, 0.1) is 13.8 Å². The smallest absolute Gasteiger partial charge is 0.242 e. The highest BCUT2D eigenvalue weighted by Gasteiger charge is 2.23. The summed E-state index contributed by atoms with van der Waals surface area (Å²) in [6, 6.07) is 6.28. The zero-order valence-corrected chi connectivity index (χ0v) is 11.8. The fourth-order valence-corrected chi connectivity index (χ4v) is 2.62. The third-order valence-corrected chi connectivity index (χ3v) is 4.21. The van der Waals surface area contributed by atoms with Crippen LogP contribution >= 0.6 is 11.6 Å². The van der Waals surface area contributed by atoms with E-state index in [1.54, 1.807) is 0 Å². The van der Waals surface area contributed by atoms with Gasteiger partial charge in [0.1, 0.15) is 5.38 Å². The maximum Gasteiger partial charge on any atom is 0.242 e. The second-order valence-electron chi connectivity index (χ2n) is 5.20. The van der Waals surface area contributed by atoms with Crippen LogP contribution in [0.15, 0.2) is 18.2 Å². The Morgan fingerprint density at radius 3 is 2.56 bits per heavy atom. The van der Waals surface area contributed by atoms with Crippen LogP contribution in [0.5, 0.6) is 0 Å². The highest BCUT2D eigenvalue weighted by Crippen LogP contribution is 2.25. The van der Waals surface area contributed by atoms with Crippen molar-refractivity contribution in [3.05, 3.63) is 34.9 Å². The number of aryl methyl sites for hydroxylation is 2. The first-order chi connectivity index (χ1) is 8.58. The average molecular weight is 266 g/mol. The number of rotatable bonds is 3. The molecule has 3 heteroatoms. The van der Waals surface area contributed by atoms with Crippen LogP contribution in [-0.4, -0.2) is 11.9 Å². The van der Waals surface area contributed by atoms with Crippen LogP contribution in [0.25, 0.3) is 0 Å². The molecule has 2 rings (SSSR count). The number of halogens is 1. The summed E-state index contributed by atoms with van der Waals surface area (Å²) in [7, 11) is 0. The van der Waals surface area contributed by atoms with Crippen LogP contribution in [0.2, 0.25) is 0 Å². The maximum atomic E-state index is 12.1. The lowest BCUT2D eigenvalue weighted by molar-refractivity contribution is -0.121. The standard InChI is InChI=1S/C15H20ClNO/c1-10-7-8-12(9-11(10)2)14(16)15(18)17-13-5-3-4-6-13/h7-9,13-14H,3-6H2,1-2H3,(H,17,18). The van der Waals surface area contributed by atoms with E-state index in [0.29, 0.717) is 6.04 Å². The van der Waals surface area contributed by atoms with Gasteiger partial charge in [-0.2, -0.15) is 0 Å². The maximum absolute atomic E-state index is 12.1. The van der Waals surface area contributed by atoms with Crippen LogP contribution in [0.4, 0.5) is 0 Å². The molecule has 2 nitrogen and oxygen atoms in total. The minimum absolute atomic E-state index is 0.0631. The molecule has 1 aliphatic carbocycles. The van der Waals surface area contributed by atoms with Crippen molar-refractivity contribution in [1.82, 2.24) is 5.32 Å². The minimum atomic E-state index is -0.579. The molecule has 0 heterocycles. The highest BCUT2D eigenvalue weighted by molar-refractivity contribution is 6.30. The molecule has 1 unspecified atom stereocenters. The number of hydrogen-bond donors (Lipinski definition) is 1. The molecule has 1 saturated carbocycles. The van der Waals surface area contributed by atoms with E-state index in [2.05, 4.69) is 12.2 Å². The fourth-order valence-electron chi connectivity index (χ4n) is 2.42. The number of nitrogens with one attached hydrogen (secondary N) is 1. The Morgan fingerprint density at radius 2 is 1.94 bits per heavy atom. The van der Waals surface area contributed by atoms with E-state index in [1.807, 2.05) is 25.1 Å². The molecule has 0 spiro atoms. The Balaban J connectivity index is 2.02. The van der Waals surface area contributed by atoms with Gasteiger partial charge in [-0.15, -0.1) is 11.6 Å². The summed E-state index contributed by atoms with van der Waals surface area (Å²) in [5.41, 5.74) is 3.28. The Labute approximate surface area is 114 Å². The molecule has 0 saturated heterocycles. The molecule has 1 aliphatic rings. The number of alkyl halides is 1. The van der Waals surface area contributed by atoms with E-state index in [4.69, 9.17) is 11.6 Å². The lowest BCUT2D eigenvalue weighted by Crippen LogP contribution is -2.34. The van der Waals surface area contributed by atoms with E-state index in [0.717, 1.165) is 18.4 Å². The van der Waals surface area contributed by atoms with Crippen LogP contribution in [-0.2, 0) is 4.79 Å². The molecular weight excluding hydrogens is 246 g/mol. The van der Waals surface area contributed by atoms with E-state index in [-0.39, 0.29) is 5.91 Å². The van der Waals surface area contributed by atoms with Crippen LogP contribution < -0.4 is 5.32 Å². The Hall–Kier alpha value is -1.02. The van der Waals surface area contributed by atoms with E-state index in [1.165, 1.54) is 24.0 Å². The van der Waals surface area contributed by atoms with Crippen molar-refractivity contribution in [3.63, 3.8) is 0 Å². The van der Waals surface area contributed by atoms with Crippen molar-refractivity contribution in [3.8, 4) is 0 Å². The van der Waals surface area contributed by atoms with Gasteiger partial charge in [-0.3, -0.25) is 4.79 Å². The van der Waals surface area contributed by atoms with Gasteiger partial charge in [0.15, 0.2) is 0 Å². The fraction of sp³-hybridized carbons (Fsp3) is 0.533. The van der Waals surface area contributed by atoms with Crippen LogP contribution in [0.1, 0.15) is 47.8 Å². The number of benzene rings is 1. The lowest BCUT2D eigenvalue weighted by Gasteiger charge is -2.16. The quantitative estimate of drug-likeness (QED) is 0.831. The highest BCUT2D eigenvalue weighted by atomic mass is 35.5. The third-order valence-electron chi connectivity index (χ3n) is 3.76. The van der Waals surface area contributed by atoms with Crippen molar-refractivity contribution in [2.75, 3.05) is 0 Å². The summed E-state index contributed by atoms with van der Waals surface area (Å²) in [5.74, 6) is -0.0631. The van der Waals surface area contributed by atoms with E-state index < -0.39 is 5.38 Å². The SMILES string of the molecule is Cc1ccc(C(Cl)C(=O)NC2CCCC2)cc1C. The van der Waals surface area contributed by atoms with Crippen molar-refractivity contribution in [1.29, 1.82) is 0 Å². The molecule has 1 atom stereocenters. The normalized spacial score (nSPS) is 17.7. The second-order valence-corrected chi connectivity index (χ2v) is 5.63. The van der Waals surface area contributed by atoms with Gasteiger partial charge < -0.3 is 5.32 Å². The summed E-state index contributed by atoms with van der Waals surface area (Å²) < 4.78 is 0. The second kappa shape index (κ2) is 5.75. The van der Waals surface area contributed by atoms with Crippen molar-refractivity contribution >= 4 is 17.5 Å². The van der Waals surface area contributed by atoms with Gasteiger partial charge in [0, 0.05) is 6.04 Å². The summed E-state index contributed by atoms with van der Waals surface area (Å²) in [4.78, 5) is 12.1. The first-order valence-corrected chi connectivity index (χ1v) is 7.03. The Kier molecular flexibility index (Phi) is 4.28. The van der Waals surface area contributed by atoms with E-state index >= 15 is 0 Å². The Morgan fingerprint density at radius 1 is 1.28 bits per heavy atom. The molecular formula is C15H20ClNO. The predicted molar refractivity (Wildman–Crippen MR) is 74.9 cm³/mol. The minimum Gasteiger partial charge on any atom is -0.352 e. The van der Waals surface area contributed by atoms with Gasteiger partial charge in [0.2, 0.25) is 5.91 Å². The van der Waals surface area contributed by atoms with Crippen molar-refractivity contribution in [2.24, 2.45) is 0 Å². The molecule has 1 N–H and O–H groups in total. The summed E-state index contributed by atoms with van der Waals surface area (Å²) in [5, 5.41) is 2.46. The number of carbonyl (C=O) groups is 1. The van der Waals surface area contributed by atoms with Crippen molar-refractivity contribution < 1.29 is 4.79 Å². The molecule has 1 fully saturated rings.